The van der Waals surface area contributed by atoms with Gasteiger partial charge in [-0.15, -0.1) is 0 Å². The molecule has 0 spiro atoms. The molecule has 1 heterocycles. The fourth-order valence-electron chi connectivity index (χ4n) is 4.08. The van der Waals surface area contributed by atoms with Gasteiger partial charge in [-0.3, -0.25) is 19.7 Å². The summed E-state index contributed by atoms with van der Waals surface area (Å²) in [5.74, 6) is 0.461. The van der Waals surface area contributed by atoms with Crippen molar-refractivity contribution in [2.24, 2.45) is 5.92 Å². The molecule has 0 fully saturated rings. The Morgan fingerprint density at radius 3 is 2.83 bits per heavy atom. The second-order valence-electron chi connectivity index (χ2n) is 7.57. The monoisotopic (exact) mass is 392 g/mol. The van der Waals surface area contributed by atoms with Crippen LogP contribution in [0.4, 0.5) is 5.95 Å². The van der Waals surface area contributed by atoms with E-state index in [1.165, 1.54) is 5.56 Å². The Morgan fingerprint density at radius 2 is 2.07 bits per heavy atom. The molecular formula is C22H24N4O3. The number of nitrogens with zero attached hydrogens (tertiary/aromatic N) is 2. The Kier molecular flexibility index (Phi) is 5.31. The summed E-state index contributed by atoms with van der Waals surface area (Å²) in [7, 11) is 0. The molecule has 1 aliphatic carbocycles. The number of aromatic amines is 1. The lowest BCUT2D eigenvalue weighted by molar-refractivity contribution is -0.116. The maximum atomic E-state index is 12.2. The summed E-state index contributed by atoms with van der Waals surface area (Å²) in [6.07, 6.45) is 3.70. The summed E-state index contributed by atoms with van der Waals surface area (Å²) >= 11 is 0. The van der Waals surface area contributed by atoms with Crippen LogP contribution in [0.25, 0.3) is 11.0 Å². The van der Waals surface area contributed by atoms with Crippen LogP contribution in [0.3, 0.4) is 0 Å². The van der Waals surface area contributed by atoms with Gasteiger partial charge in [-0.1, -0.05) is 18.2 Å². The molecule has 0 radical (unpaired) electrons. The van der Waals surface area contributed by atoms with Crippen LogP contribution in [0.2, 0.25) is 0 Å². The maximum Gasteiger partial charge on any atom is 0.274 e. The van der Waals surface area contributed by atoms with Crippen molar-refractivity contribution in [3.8, 4) is 0 Å². The second kappa shape index (κ2) is 8.05. The maximum absolute atomic E-state index is 12.2. The number of aryl methyl sites for hydroxylation is 1. The number of nitrogens with one attached hydrogen (secondary N) is 2. The molecule has 3 N–H and O–H groups in total. The Labute approximate surface area is 168 Å². The van der Waals surface area contributed by atoms with Crippen molar-refractivity contribution >= 4 is 28.8 Å². The summed E-state index contributed by atoms with van der Waals surface area (Å²) in [5.41, 5.74) is 6.29. The molecule has 1 atom stereocenters. The second-order valence-corrected chi connectivity index (χ2v) is 7.57. The third-order valence-corrected chi connectivity index (χ3v) is 5.67. The van der Waals surface area contributed by atoms with Crippen molar-refractivity contribution in [1.82, 2.24) is 15.4 Å². The van der Waals surface area contributed by atoms with Gasteiger partial charge in [-0.05, 0) is 67.0 Å². The molecule has 0 aliphatic heterocycles. The van der Waals surface area contributed by atoms with Crippen LogP contribution in [-0.4, -0.2) is 33.5 Å². The number of hydrogen-bond acceptors (Lipinski definition) is 4. The number of H-pyrrole nitrogens is 1. The van der Waals surface area contributed by atoms with Crippen LogP contribution in [0.1, 0.15) is 41.3 Å². The molecule has 0 saturated heterocycles. The summed E-state index contributed by atoms with van der Waals surface area (Å²) < 4.78 is 0. The highest BCUT2D eigenvalue weighted by atomic mass is 16.5. The summed E-state index contributed by atoms with van der Waals surface area (Å²) in [6, 6.07) is 13.3. The standard InChI is InChI=1S/C22H24N4O3/c1-14(27)26(22-23-19-4-2-3-5-20(19)24-22)11-10-15-6-7-16-8-9-17(21(28)25-29)13-18(16)12-15/h2-5,8-9,13,15,29H,6-7,10-12H2,1H3,(H,23,24)(H,25,28)/t15-/m1/s1. The van der Waals surface area contributed by atoms with Gasteiger partial charge in [0.05, 0.1) is 11.0 Å². The molecule has 1 aliphatic rings. The SMILES string of the molecule is CC(=O)N(CC[C@H]1CCc2ccc(C(=O)NO)cc2C1)c1nc2ccccc2[nH]1. The van der Waals surface area contributed by atoms with Crippen molar-refractivity contribution in [3.63, 3.8) is 0 Å². The number of hydroxylamine groups is 1. The smallest absolute Gasteiger partial charge is 0.274 e. The number of hydrogen-bond donors (Lipinski definition) is 3. The number of carbonyl (C=O) groups is 2. The Hall–Kier alpha value is -3.19. The van der Waals surface area contributed by atoms with Crippen LogP contribution >= 0.6 is 0 Å². The molecule has 0 bridgehead atoms. The molecule has 29 heavy (non-hydrogen) atoms. The summed E-state index contributed by atoms with van der Waals surface area (Å²) in [5, 5.41) is 8.86. The van der Waals surface area contributed by atoms with Crippen molar-refractivity contribution in [2.75, 3.05) is 11.4 Å². The molecule has 1 aromatic heterocycles. The highest BCUT2D eigenvalue weighted by Gasteiger charge is 2.23. The van der Waals surface area contributed by atoms with E-state index in [9.17, 15) is 9.59 Å². The molecule has 3 aromatic rings. The van der Waals surface area contributed by atoms with Crippen LogP contribution in [0.5, 0.6) is 0 Å². The number of fused-ring (bicyclic) bond motifs is 2. The van der Waals surface area contributed by atoms with Crippen LogP contribution in [0.15, 0.2) is 42.5 Å². The molecule has 7 nitrogen and oxygen atoms in total. The van der Waals surface area contributed by atoms with E-state index in [-0.39, 0.29) is 5.91 Å². The first-order valence-corrected chi connectivity index (χ1v) is 9.84. The van der Waals surface area contributed by atoms with Gasteiger partial charge in [0.2, 0.25) is 11.9 Å². The average Bonchev–Trinajstić information content (AvgIpc) is 3.16. The highest BCUT2D eigenvalue weighted by Crippen LogP contribution is 2.29. The molecular weight excluding hydrogens is 368 g/mol. The molecule has 4 rings (SSSR count). The quantitative estimate of drug-likeness (QED) is 0.459. The molecule has 2 amide bonds. The van der Waals surface area contributed by atoms with E-state index in [0.29, 0.717) is 24.0 Å². The molecule has 0 saturated carbocycles. The molecule has 2 aromatic carbocycles. The van der Waals surface area contributed by atoms with Crippen LogP contribution in [-0.2, 0) is 17.6 Å². The first-order chi connectivity index (χ1) is 14.0. The van der Waals surface area contributed by atoms with Crippen molar-refractivity contribution in [2.45, 2.75) is 32.6 Å². The third-order valence-electron chi connectivity index (χ3n) is 5.67. The van der Waals surface area contributed by atoms with Gasteiger partial charge in [0.1, 0.15) is 0 Å². The number of rotatable bonds is 5. The van der Waals surface area contributed by atoms with Gasteiger partial charge < -0.3 is 4.98 Å². The number of anilines is 1. The average molecular weight is 392 g/mol. The highest BCUT2D eigenvalue weighted by molar-refractivity contribution is 5.93. The van der Waals surface area contributed by atoms with E-state index < -0.39 is 5.91 Å². The minimum Gasteiger partial charge on any atom is -0.324 e. The number of carbonyl (C=O) groups excluding carboxylic acids is 2. The third kappa shape index (κ3) is 4.00. The number of benzene rings is 2. The lowest BCUT2D eigenvalue weighted by atomic mass is 9.81. The Balaban J connectivity index is 1.46. The van der Waals surface area contributed by atoms with E-state index in [1.54, 1.807) is 23.4 Å². The fraction of sp³-hybridized carbons (Fsp3) is 0.318. The topological polar surface area (TPSA) is 98.3 Å². The molecule has 150 valence electrons. The van der Waals surface area contributed by atoms with Gasteiger partial charge in [0.15, 0.2) is 0 Å². The zero-order valence-electron chi connectivity index (χ0n) is 16.3. The normalized spacial score (nSPS) is 15.7. The van der Waals surface area contributed by atoms with E-state index in [1.807, 2.05) is 36.4 Å². The number of amides is 2. The van der Waals surface area contributed by atoms with E-state index in [0.717, 1.165) is 42.3 Å². The van der Waals surface area contributed by atoms with Gasteiger partial charge in [0, 0.05) is 19.0 Å². The van der Waals surface area contributed by atoms with Gasteiger partial charge in [-0.25, -0.2) is 10.5 Å². The lowest BCUT2D eigenvalue weighted by Crippen LogP contribution is -2.32. The largest absolute Gasteiger partial charge is 0.324 e. The lowest BCUT2D eigenvalue weighted by Gasteiger charge is -2.27. The fourth-order valence-corrected chi connectivity index (χ4v) is 4.08. The van der Waals surface area contributed by atoms with Crippen molar-refractivity contribution in [1.29, 1.82) is 0 Å². The van der Waals surface area contributed by atoms with E-state index in [2.05, 4.69) is 9.97 Å². The Bertz CT molecular complexity index is 1030. The number of aromatic nitrogens is 2. The minimum atomic E-state index is -0.498. The van der Waals surface area contributed by atoms with E-state index >= 15 is 0 Å². The number of imidazole rings is 1. The summed E-state index contributed by atoms with van der Waals surface area (Å²) in [4.78, 5) is 33.4. The summed E-state index contributed by atoms with van der Waals surface area (Å²) in [6.45, 7) is 2.15. The van der Waals surface area contributed by atoms with E-state index in [4.69, 9.17) is 5.21 Å². The van der Waals surface area contributed by atoms with Crippen molar-refractivity contribution in [3.05, 3.63) is 59.2 Å². The zero-order valence-corrected chi connectivity index (χ0v) is 16.3. The first-order valence-electron chi connectivity index (χ1n) is 9.84. The predicted octanol–water partition coefficient (Wildman–Crippen LogP) is 3.23. The minimum absolute atomic E-state index is 0.0397. The van der Waals surface area contributed by atoms with Crippen LogP contribution in [0, 0.1) is 5.92 Å². The van der Waals surface area contributed by atoms with Gasteiger partial charge in [0.25, 0.3) is 5.91 Å². The Morgan fingerprint density at radius 1 is 1.24 bits per heavy atom. The van der Waals surface area contributed by atoms with Gasteiger partial charge in [-0.2, -0.15) is 0 Å². The zero-order chi connectivity index (χ0) is 20.4. The predicted molar refractivity (Wildman–Crippen MR) is 110 cm³/mol. The van der Waals surface area contributed by atoms with Crippen molar-refractivity contribution < 1.29 is 14.8 Å². The number of para-hydroxylation sites is 2. The molecule has 0 unspecified atom stereocenters. The van der Waals surface area contributed by atoms with Gasteiger partial charge >= 0.3 is 0 Å². The first kappa shape index (κ1) is 19.1. The molecule has 7 heteroatoms. The van der Waals surface area contributed by atoms with Crippen LogP contribution < -0.4 is 10.4 Å².